The average molecular weight is 280 g/mol. The third kappa shape index (κ3) is 2.07. The molecule has 2 heterocycles. The van der Waals surface area contributed by atoms with Gasteiger partial charge in [0.15, 0.2) is 5.67 Å². The van der Waals surface area contributed by atoms with E-state index in [-0.39, 0.29) is 5.91 Å². The maximum Gasteiger partial charge on any atom is 0.260 e. The summed E-state index contributed by atoms with van der Waals surface area (Å²) in [6.07, 6.45) is 8.45. The summed E-state index contributed by atoms with van der Waals surface area (Å²) >= 11 is 0. The first-order valence-electron chi connectivity index (χ1n) is 8.33. The standard InChI is InChI=1S/C16H25FN2O/c17-16(3-4-16)14(20)19-9-5-15(6-10-19)11-13(12-15)18-7-1-2-8-18/h13H,1-12H2. The predicted molar refractivity (Wildman–Crippen MR) is 75.1 cm³/mol. The molecule has 3 nitrogen and oxygen atoms in total. The third-order valence-corrected chi connectivity index (χ3v) is 6.18. The number of hydrogen-bond donors (Lipinski definition) is 0. The van der Waals surface area contributed by atoms with Crippen molar-refractivity contribution in [3.8, 4) is 0 Å². The number of alkyl halides is 1. The monoisotopic (exact) mass is 280 g/mol. The number of piperidine rings is 1. The Labute approximate surface area is 120 Å². The molecule has 2 aliphatic carbocycles. The summed E-state index contributed by atoms with van der Waals surface area (Å²) in [6, 6.07) is 0.802. The first-order chi connectivity index (χ1) is 9.60. The highest BCUT2D eigenvalue weighted by molar-refractivity contribution is 5.88. The molecule has 4 aliphatic rings. The van der Waals surface area contributed by atoms with Gasteiger partial charge in [0.2, 0.25) is 0 Å². The van der Waals surface area contributed by atoms with Crippen molar-refractivity contribution >= 4 is 5.91 Å². The molecular formula is C16H25FN2O. The third-order valence-electron chi connectivity index (χ3n) is 6.18. The number of carbonyl (C=O) groups is 1. The minimum absolute atomic E-state index is 0.220. The summed E-state index contributed by atoms with van der Waals surface area (Å²) in [7, 11) is 0. The molecule has 1 spiro atoms. The molecule has 0 aromatic carbocycles. The normalized spacial score (nSPS) is 32.4. The second kappa shape index (κ2) is 4.43. The molecule has 2 aliphatic heterocycles. The van der Waals surface area contributed by atoms with Crippen molar-refractivity contribution in [3.63, 3.8) is 0 Å². The summed E-state index contributed by atoms with van der Waals surface area (Å²) in [6.45, 7) is 4.15. The van der Waals surface area contributed by atoms with Crippen molar-refractivity contribution in [3.05, 3.63) is 0 Å². The number of likely N-dealkylation sites (tertiary alicyclic amines) is 2. The van der Waals surface area contributed by atoms with E-state index < -0.39 is 5.67 Å². The minimum Gasteiger partial charge on any atom is -0.340 e. The van der Waals surface area contributed by atoms with Crippen LogP contribution >= 0.6 is 0 Å². The zero-order chi connectivity index (χ0) is 13.8. The van der Waals surface area contributed by atoms with Crippen molar-refractivity contribution in [2.45, 2.75) is 63.1 Å². The molecule has 112 valence electrons. The van der Waals surface area contributed by atoms with Gasteiger partial charge in [-0.25, -0.2) is 4.39 Å². The molecule has 4 heteroatoms. The van der Waals surface area contributed by atoms with E-state index in [1.165, 1.54) is 38.8 Å². The van der Waals surface area contributed by atoms with E-state index in [4.69, 9.17) is 0 Å². The van der Waals surface area contributed by atoms with Crippen LogP contribution in [0.5, 0.6) is 0 Å². The van der Waals surface area contributed by atoms with Gasteiger partial charge in [-0.05, 0) is 69.9 Å². The summed E-state index contributed by atoms with van der Waals surface area (Å²) in [5.41, 5.74) is -0.987. The molecule has 0 N–H and O–H groups in total. The van der Waals surface area contributed by atoms with Gasteiger partial charge in [0.05, 0.1) is 0 Å². The van der Waals surface area contributed by atoms with Gasteiger partial charge in [0.1, 0.15) is 0 Å². The van der Waals surface area contributed by atoms with Gasteiger partial charge in [-0.3, -0.25) is 4.79 Å². The SMILES string of the molecule is O=C(N1CCC2(CC1)CC(N1CCCC1)C2)C1(F)CC1. The van der Waals surface area contributed by atoms with E-state index in [1.54, 1.807) is 4.90 Å². The van der Waals surface area contributed by atoms with E-state index in [2.05, 4.69) is 4.90 Å². The van der Waals surface area contributed by atoms with Crippen molar-refractivity contribution in [2.24, 2.45) is 5.41 Å². The quantitative estimate of drug-likeness (QED) is 0.775. The molecule has 0 bridgehead atoms. The zero-order valence-corrected chi connectivity index (χ0v) is 12.2. The van der Waals surface area contributed by atoms with Gasteiger partial charge in [0.25, 0.3) is 5.91 Å². The number of nitrogens with zero attached hydrogens (tertiary/aromatic N) is 2. The highest BCUT2D eigenvalue weighted by atomic mass is 19.1. The highest BCUT2D eigenvalue weighted by Crippen LogP contribution is 2.52. The van der Waals surface area contributed by atoms with Crippen molar-refractivity contribution in [1.82, 2.24) is 9.80 Å². The summed E-state index contributed by atoms with van der Waals surface area (Å²) < 4.78 is 13.8. The Morgan fingerprint density at radius 1 is 0.950 bits per heavy atom. The Bertz CT molecular complexity index is 399. The predicted octanol–water partition coefficient (Wildman–Crippen LogP) is 2.36. The van der Waals surface area contributed by atoms with E-state index in [0.29, 0.717) is 18.3 Å². The van der Waals surface area contributed by atoms with Crippen LogP contribution in [-0.2, 0) is 4.79 Å². The van der Waals surface area contributed by atoms with Gasteiger partial charge in [0, 0.05) is 19.1 Å². The van der Waals surface area contributed by atoms with Gasteiger partial charge in [-0.2, -0.15) is 0 Å². The lowest BCUT2D eigenvalue weighted by Crippen LogP contribution is -2.55. The molecular weight excluding hydrogens is 255 g/mol. The second-order valence-corrected chi connectivity index (χ2v) is 7.56. The topological polar surface area (TPSA) is 23.6 Å². The molecule has 20 heavy (non-hydrogen) atoms. The summed E-state index contributed by atoms with van der Waals surface area (Å²) in [5.74, 6) is -0.220. The molecule has 0 atom stereocenters. The number of hydrogen-bond acceptors (Lipinski definition) is 2. The van der Waals surface area contributed by atoms with Crippen LogP contribution in [0.15, 0.2) is 0 Å². The van der Waals surface area contributed by atoms with E-state index in [1.807, 2.05) is 0 Å². The van der Waals surface area contributed by atoms with Gasteiger partial charge >= 0.3 is 0 Å². The lowest BCUT2D eigenvalue weighted by atomic mass is 9.60. The van der Waals surface area contributed by atoms with Crippen LogP contribution in [0.4, 0.5) is 4.39 Å². The Kier molecular flexibility index (Phi) is 2.89. The molecule has 2 saturated heterocycles. The maximum absolute atomic E-state index is 13.8. The van der Waals surface area contributed by atoms with E-state index in [0.717, 1.165) is 32.0 Å². The number of rotatable bonds is 2. The number of carbonyl (C=O) groups excluding carboxylic acids is 1. The summed E-state index contributed by atoms with van der Waals surface area (Å²) in [5, 5.41) is 0. The molecule has 0 aromatic rings. The van der Waals surface area contributed by atoms with E-state index >= 15 is 0 Å². The molecule has 4 rings (SSSR count). The molecule has 4 fully saturated rings. The van der Waals surface area contributed by atoms with Crippen molar-refractivity contribution < 1.29 is 9.18 Å². The van der Waals surface area contributed by atoms with Crippen molar-refractivity contribution in [1.29, 1.82) is 0 Å². The lowest BCUT2D eigenvalue weighted by Gasteiger charge is -2.54. The highest BCUT2D eigenvalue weighted by Gasteiger charge is 2.55. The first-order valence-corrected chi connectivity index (χ1v) is 8.33. The summed E-state index contributed by atoms with van der Waals surface area (Å²) in [4.78, 5) is 16.5. The molecule has 0 unspecified atom stereocenters. The molecule has 0 aromatic heterocycles. The molecule has 1 amide bonds. The molecule has 0 radical (unpaired) electrons. The van der Waals surface area contributed by atoms with Crippen LogP contribution in [0, 0.1) is 5.41 Å². The lowest BCUT2D eigenvalue weighted by molar-refractivity contribution is -0.142. The van der Waals surface area contributed by atoms with Gasteiger partial charge in [-0.15, -0.1) is 0 Å². The van der Waals surface area contributed by atoms with Crippen molar-refractivity contribution in [2.75, 3.05) is 26.2 Å². The fourth-order valence-corrected chi connectivity index (χ4v) is 4.50. The maximum atomic E-state index is 13.8. The minimum atomic E-state index is -1.47. The Morgan fingerprint density at radius 3 is 2.10 bits per heavy atom. The van der Waals surface area contributed by atoms with Crippen LogP contribution in [0.1, 0.15) is 51.4 Å². The Balaban J connectivity index is 1.29. The largest absolute Gasteiger partial charge is 0.340 e. The van der Waals surface area contributed by atoms with Crippen LogP contribution in [0.25, 0.3) is 0 Å². The van der Waals surface area contributed by atoms with Crippen LogP contribution in [0.2, 0.25) is 0 Å². The zero-order valence-electron chi connectivity index (χ0n) is 12.2. The second-order valence-electron chi connectivity index (χ2n) is 7.56. The average Bonchev–Trinajstić information content (AvgIpc) is 2.97. The first kappa shape index (κ1) is 13.1. The fourth-order valence-electron chi connectivity index (χ4n) is 4.50. The number of halogens is 1. The molecule has 2 saturated carbocycles. The van der Waals surface area contributed by atoms with Gasteiger partial charge < -0.3 is 9.80 Å². The van der Waals surface area contributed by atoms with Crippen LogP contribution in [0.3, 0.4) is 0 Å². The smallest absolute Gasteiger partial charge is 0.260 e. The van der Waals surface area contributed by atoms with Gasteiger partial charge in [-0.1, -0.05) is 0 Å². The number of amides is 1. The fraction of sp³-hybridized carbons (Fsp3) is 0.938. The van der Waals surface area contributed by atoms with E-state index in [9.17, 15) is 9.18 Å². The van der Waals surface area contributed by atoms with Crippen LogP contribution in [-0.4, -0.2) is 53.6 Å². The van der Waals surface area contributed by atoms with Crippen LogP contribution < -0.4 is 0 Å². The Morgan fingerprint density at radius 2 is 1.55 bits per heavy atom. The Hall–Kier alpha value is -0.640.